The minimum absolute atomic E-state index is 0.0560. The number of rotatable bonds is 8. The van der Waals surface area contributed by atoms with Crippen LogP contribution in [0.3, 0.4) is 0 Å². The number of hydrogen-bond acceptors (Lipinski definition) is 5. The predicted octanol–water partition coefficient (Wildman–Crippen LogP) is 1.31. The standard InChI is InChI=1S/C20H29N3O3S2/c1-4-18-9-10-20(27-18)28(24,25)21-15-19(23-11-13-26-14-12-23)16-5-7-17(8-6-16)22(2)3/h5-10,19,21H,4,11-15H2,1-3H3/p+1/t19-/m1/s1. The van der Waals surface area contributed by atoms with E-state index in [1.165, 1.54) is 16.2 Å². The highest BCUT2D eigenvalue weighted by Gasteiger charge is 2.28. The van der Waals surface area contributed by atoms with Crippen LogP contribution in [0.15, 0.2) is 40.6 Å². The maximum Gasteiger partial charge on any atom is 0.250 e. The quantitative estimate of drug-likeness (QED) is 0.671. The lowest BCUT2D eigenvalue weighted by Crippen LogP contribution is -3.15. The molecule has 0 amide bonds. The number of quaternary nitrogens is 1. The summed E-state index contributed by atoms with van der Waals surface area (Å²) in [4.78, 5) is 4.49. The van der Waals surface area contributed by atoms with Crippen LogP contribution < -0.4 is 14.5 Å². The van der Waals surface area contributed by atoms with Crippen molar-refractivity contribution in [1.82, 2.24) is 4.72 Å². The largest absolute Gasteiger partial charge is 0.378 e. The van der Waals surface area contributed by atoms with Crippen LogP contribution in [0.1, 0.15) is 23.4 Å². The molecule has 154 valence electrons. The van der Waals surface area contributed by atoms with Crippen molar-refractivity contribution in [3.8, 4) is 0 Å². The average molecular weight is 425 g/mol. The molecule has 1 saturated heterocycles. The number of anilines is 1. The smallest absolute Gasteiger partial charge is 0.250 e. The minimum atomic E-state index is -3.50. The molecule has 1 aliphatic heterocycles. The van der Waals surface area contributed by atoms with Gasteiger partial charge in [0, 0.05) is 30.2 Å². The Bertz CT molecular complexity index is 857. The van der Waals surface area contributed by atoms with Crippen molar-refractivity contribution in [1.29, 1.82) is 0 Å². The van der Waals surface area contributed by atoms with Crippen LogP contribution in [0, 0.1) is 0 Å². The van der Waals surface area contributed by atoms with Crippen LogP contribution >= 0.6 is 11.3 Å². The van der Waals surface area contributed by atoms with Crippen molar-refractivity contribution < 1.29 is 18.1 Å². The highest BCUT2D eigenvalue weighted by Crippen LogP contribution is 2.22. The third-order valence-electron chi connectivity index (χ3n) is 5.17. The van der Waals surface area contributed by atoms with E-state index < -0.39 is 10.0 Å². The lowest BCUT2D eigenvalue weighted by molar-refractivity contribution is -0.937. The van der Waals surface area contributed by atoms with E-state index in [0.29, 0.717) is 24.0 Å². The first-order valence-electron chi connectivity index (χ1n) is 9.68. The lowest BCUT2D eigenvalue weighted by atomic mass is 10.0. The SMILES string of the molecule is CCc1ccc(S(=O)(=O)NC[C@H](c2ccc(N(C)C)cc2)[NH+]2CCOCC2)s1. The highest BCUT2D eigenvalue weighted by atomic mass is 32.2. The van der Waals surface area contributed by atoms with E-state index in [4.69, 9.17) is 4.74 Å². The van der Waals surface area contributed by atoms with Crippen molar-refractivity contribution >= 4 is 27.0 Å². The molecule has 1 aromatic heterocycles. The van der Waals surface area contributed by atoms with E-state index in [0.717, 1.165) is 35.6 Å². The van der Waals surface area contributed by atoms with Crippen LogP contribution in [0.2, 0.25) is 0 Å². The Morgan fingerprint density at radius 2 is 1.82 bits per heavy atom. The van der Waals surface area contributed by atoms with Crippen molar-refractivity contribution in [2.24, 2.45) is 0 Å². The number of morpholine rings is 1. The molecule has 28 heavy (non-hydrogen) atoms. The molecule has 0 unspecified atom stereocenters. The average Bonchev–Trinajstić information content (AvgIpc) is 3.20. The molecule has 1 aromatic carbocycles. The Labute approximate surface area is 172 Å². The van der Waals surface area contributed by atoms with Gasteiger partial charge in [0.15, 0.2) is 0 Å². The van der Waals surface area contributed by atoms with E-state index in [1.54, 1.807) is 6.07 Å². The van der Waals surface area contributed by atoms with E-state index >= 15 is 0 Å². The van der Waals surface area contributed by atoms with Gasteiger partial charge < -0.3 is 14.5 Å². The zero-order valence-corrected chi connectivity index (χ0v) is 18.4. The van der Waals surface area contributed by atoms with Crippen molar-refractivity contribution in [3.05, 3.63) is 46.8 Å². The van der Waals surface area contributed by atoms with Gasteiger partial charge in [0.2, 0.25) is 10.0 Å². The van der Waals surface area contributed by atoms with Gasteiger partial charge in [-0.25, -0.2) is 13.1 Å². The molecule has 2 heterocycles. The number of nitrogens with one attached hydrogen (secondary N) is 2. The van der Waals surface area contributed by atoms with Crippen LogP contribution in [-0.4, -0.2) is 55.4 Å². The maximum atomic E-state index is 12.8. The normalized spacial score (nSPS) is 16.8. The van der Waals surface area contributed by atoms with Gasteiger partial charge in [0.1, 0.15) is 23.3 Å². The molecule has 2 aromatic rings. The molecular formula is C20H30N3O3S2+. The fourth-order valence-electron chi connectivity index (χ4n) is 3.44. The molecule has 0 bridgehead atoms. The lowest BCUT2D eigenvalue weighted by Gasteiger charge is -2.32. The topological polar surface area (TPSA) is 63.1 Å². The summed E-state index contributed by atoms with van der Waals surface area (Å²) in [6, 6.07) is 12.0. The molecule has 0 aliphatic carbocycles. The summed E-state index contributed by atoms with van der Waals surface area (Å²) >= 11 is 1.35. The summed E-state index contributed by atoms with van der Waals surface area (Å²) in [5.74, 6) is 0. The van der Waals surface area contributed by atoms with Gasteiger partial charge in [-0.3, -0.25) is 0 Å². The minimum Gasteiger partial charge on any atom is -0.378 e. The van der Waals surface area contributed by atoms with E-state index in [9.17, 15) is 8.42 Å². The molecule has 0 spiro atoms. The molecule has 0 saturated carbocycles. The Kier molecular flexibility index (Phi) is 7.11. The van der Waals surface area contributed by atoms with E-state index in [2.05, 4.69) is 33.9 Å². The predicted molar refractivity (Wildman–Crippen MR) is 114 cm³/mol. The van der Waals surface area contributed by atoms with Crippen LogP contribution in [0.5, 0.6) is 0 Å². The first-order valence-corrected chi connectivity index (χ1v) is 12.0. The second-order valence-corrected chi connectivity index (χ2v) is 10.4. The number of sulfonamides is 1. The van der Waals surface area contributed by atoms with Crippen LogP contribution in [0.25, 0.3) is 0 Å². The Morgan fingerprint density at radius 1 is 1.14 bits per heavy atom. The van der Waals surface area contributed by atoms with Gasteiger partial charge in [0.25, 0.3) is 0 Å². The first-order chi connectivity index (χ1) is 13.4. The summed E-state index contributed by atoms with van der Waals surface area (Å²) in [6.45, 7) is 5.57. The number of nitrogens with zero attached hydrogens (tertiary/aromatic N) is 1. The van der Waals surface area contributed by atoms with Crippen molar-refractivity contribution in [2.45, 2.75) is 23.6 Å². The van der Waals surface area contributed by atoms with Gasteiger partial charge in [-0.2, -0.15) is 0 Å². The summed E-state index contributed by atoms with van der Waals surface area (Å²) in [5.41, 5.74) is 2.27. The van der Waals surface area contributed by atoms with E-state index in [-0.39, 0.29) is 6.04 Å². The third-order valence-corrected chi connectivity index (χ3v) is 8.31. The Balaban J connectivity index is 1.78. The van der Waals surface area contributed by atoms with Crippen LogP contribution in [0.4, 0.5) is 5.69 Å². The Hall–Kier alpha value is -1.45. The van der Waals surface area contributed by atoms with Gasteiger partial charge in [0.05, 0.1) is 19.8 Å². The molecule has 3 rings (SSSR count). The molecular weight excluding hydrogens is 394 g/mol. The Morgan fingerprint density at radius 3 is 2.39 bits per heavy atom. The second kappa shape index (κ2) is 9.37. The van der Waals surface area contributed by atoms with Gasteiger partial charge in [-0.05, 0) is 30.7 Å². The molecule has 1 fully saturated rings. The summed E-state index contributed by atoms with van der Waals surface area (Å²) in [5, 5.41) is 0. The highest BCUT2D eigenvalue weighted by molar-refractivity contribution is 7.91. The van der Waals surface area contributed by atoms with Gasteiger partial charge in [-0.1, -0.05) is 19.1 Å². The van der Waals surface area contributed by atoms with Gasteiger partial charge in [-0.15, -0.1) is 11.3 Å². The number of aryl methyl sites for hydroxylation is 1. The first kappa shape index (κ1) is 21.3. The maximum absolute atomic E-state index is 12.8. The zero-order valence-electron chi connectivity index (χ0n) is 16.8. The number of hydrogen-bond donors (Lipinski definition) is 2. The molecule has 1 atom stereocenters. The number of ether oxygens (including phenoxy) is 1. The van der Waals surface area contributed by atoms with E-state index in [1.807, 2.05) is 27.1 Å². The number of thiophene rings is 1. The molecule has 8 heteroatoms. The summed E-state index contributed by atoms with van der Waals surface area (Å²) in [6.07, 6.45) is 0.846. The molecule has 1 aliphatic rings. The molecule has 2 N–H and O–H groups in total. The summed E-state index contributed by atoms with van der Waals surface area (Å²) < 4.78 is 34.3. The zero-order chi connectivity index (χ0) is 20.1. The fraction of sp³-hybridized carbons (Fsp3) is 0.500. The second-order valence-electron chi connectivity index (χ2n) is 7.24. The van der Waals surface area contributed by atoms with Crippen molar-refractivity contribution in [2.75, 3.05) is 51.8 Å². The molecule has 0 radical (unpaired) electrons. The van der Waals surface area contributed by atoms with Crippen LogP contribution in [-0.2, 0) is 21.2 Å². The third kappa shape index (κ3) is 5.12. The van der Waals surface area contributed by atoms with Crippen molar-refractivity contribution in [3.63, 3.8) is 0 Å². The summed E-state index contributed by atoms with van der Waals surface area (Å²) in [7, 11) is 0.529. The molecule has 6 nitrogen and oxygen atoms in total. The monoisotopic (exact) mass is 424 g/mol. The number of benzene rings is 1. The van der Waals surface area contributed by atoms with Gasteiger partial charge >= 0.3 is 0 Å². The fourth-order valence-corrected chi connectivity index (χ4v) is 5.83.